The largest absolute Gasteiger partial charge is 0.483 e. The van der Waals surface area contributed by atoms with Crippen LogP contribution in [-0.4, -0.2) is 57.3 Å². The quantitative estimate of drug-likeness (QED) is 0.642. The number of ether oxygens (including phenoxy) is 2. The molecule has 0 saturated heterocycles. The molecule has 0 amide bonds. The van der Waals surface area contributed by atoms with Crippen LogP contribution >= 0.6 is 0 Å². The minimum absolute atomic E-state index is 0.158. The lowest BCUT2D eigenvalue weighted by Gasteiger charge is -2.27. The van der Waals surface area contributed by atoms with Crippen LogP contribution in [0.25, 0.3) is 16.8 Å². The topological polar surface area (TPSA) is 95.4 Å². The zero-order valence-corrected chi connectivity index (χ0v) is 18.3. The summed E-state index contributed by atoms with van der Waals surface area (Å²) >= 11 is 0. The summed E-state index contributed by atoms with van der Waals surface area (Å²) in [7, 11) is 4.87. The summed E-state index contributed by atoms with van der Waals surface area (Å²) in [6, 6.07) is 5.14. The molecule has 0 saturated carbocycles. The summed E-state index contributed by atoms with van der Waals surface area (Å²) in [6.45, 7) is 4.15. The van der Waals surface area contributed by atoms with Crippen molar-refractivity contribution in [3.63, 3.8) is 0 Å². The molecule has 2 atom stereocenters. The number of pyridine rings is 1. The van der Waals surface area contributed by atoms with E-state index in [0.29, 0.717) is 29.4 Å². The van der Waals surface area contributed by atoms with Gasteiger partial charge in [0.15, 0.2) is 0 Å². The van der Waals surface area contributed by atoms with E-state index in [2.05, 4.69) is 23.9 Å². The average Bonchev–Trinajstić information content (AvgIpc) is 3.26. The Labute approximate surface area is 180 Å². The van der Waals surface area contributed by atoms with Crippen molar-refractivity contribution >= 4 is 17.4 Å². The molecule has 0 bridgehead atoms. The molecule has 1 unspecified atom stereocenters. The Morgan fingerprint density at radius 2 is 1.81 bits per heavy atom. The number of hydrogen-bond acceptors (Lipinski definition) is 7. The first-order valence-electron chi connectivity index (χ1n) is 10.2. The Morgan fingerprint density at radius 3 is 2.52 bits per heavy atom. The van der Waals surface area contributed by atoms with Gasteiger partial charge in [0.1, 0.15) is 17.7 Å². The predicted octanol–water partition coefficient (Wildman–Crippen LogP) is 2.13. The van der Waals surface area contributed by atoms with E-state index < -0.39 is 0 Å². The molecule has 4 rings (SSSR count). The van der Waals surface area contributed by atoms with Crippen LogP contribution in [0.3, 0.4) is 0 Å². The first-order chi connectivity index (χ1) is 14.9. The third kappa shape index (κ3) is 3.71. The van der Waals surface area contributed by atoms with Gasteiger partial charge in [-0.3, -0.25) is 4.79 Å². The van der Waals surface area contributed by atoms with Gasteiger partial charge < -0.3 is 13.9 Å². The van der Waals surface area contributed by atoms with E-state index in [1.165, 1.54) is 4.68 Å². The highest BCUT2D eigenvalue weighted by atomic mass is 16.5. The Balaban J connectivity index is 1.74. The number of fused-ring (bicyclic) bond motifs is 1. The summed E-state index contributed by atoms with van der Waals surface area (Å²) in [5, 5.41) is 4.00. The number of nitrogens with zero attached hydrogens (tertiary/aromatic N) is 6. The zero-order chi connectivity index (χ0) is 22.1. The van der Waals surface area contributed by atoms with Crippen molar-refractivity contribution in [2.45, 2.75) is 32.4 Å². The molecule has 0 fully saturated rings. The number of rotatable bonds is 4. The number of methoxy groups -OCH3 is 2. The average molecular weight is 422 g/mol. The molecular weight excluding hydrogens is 396 g/mol. The van der Waals surface area contributed by atoms with Crippen LogP contribution in [-0.2, 0) is 22.9 Å². The number of imidazole rings is 1. The molecule has 0 aliphatic carbocycles. The van der Waals surface area contributed by atoms with Crippen molar-refractivity contribution in [3.05, 3.63) is 52.8 Å². The highest BCUT2D eigenvalue weighted by Crippen LogP contribution is 2.24. The Kier molecular flexibility index (Phi) is 5.58. The molecule has 3 aromatic rings. The van der Waals surface area contributed by atoms with Crippen molar-refractivity contribution in [1.29, 1.82) is 0 Å². The van der Waals surface area contributed by atoms with Crippen LogP contribution in [0.15, 0.2) is 51.6 Å². The highest BCUT2D eigenvalue weighted by Gasteiger charge is 2.31. The molecule has 0 radical (unpaired) electrons. The smallest absolute Gasteiger partial charge is 0.274 e. The van der Waals surface area contributed by atoms with Gasteiger partial charge in [0.2, 0.25) is 11.8 Å². The van der Waals surface area contributed by atoms with Crippen molar-refractivity contribution in [2.75, 3.05) is 14.2 Å². The van der Waals surface area contributed by atoms with E-state index in [4.69, 9.17) is 19.5 Å². The third-order valence-electron chi connectivity index (χ3n) is 5.47. The summed E-state index contributed by atoms with van der Waals surface area (Å²) in [5.41, 5.74) is 2.80. The van der Waals surface area contributed by atoms with Gasteiger partial charge in [0.05, 0.1) is 19.8 Å². The van der Waals surface area contributed by atoms with E-state index in [1.54, 1.807) is 39.7 Å². The van der Waals surface area contributed by atoms with E-state index in [1.807, 2.05) is 22.7 Å². The lowest BCUT2D eigenvalue weighted by Crippen LogP contribution is -2.38. The predicted molar refractivity (Wildman–Crippen MR) is 119 cm³/mol. The molecule has 0 N–H and O–H groups in total. The molecule has 3 aromatic heterocycles. The molecule has 9 heteroatoms. The minimum Gasteiger partial charge on any atom is -0.483 e. The lowest BCUT2D eigenvalue weighted by molar-refractivity contribution is 0.332. The second-order valence-electron chi connectivity index (χ2n) is 7.78. The maximum absolute atomic E-state index is 12.6. The third-order valence-corrected chi connectivity index (χ3v) is 5.47. The van der Waals surface area contributed by atoms with Gasteiger partial charge in [0.25, 0.3) is 5.56 Å². The summed E-state index contributed by atoms with van der Waals surface area (Å²) in [5.74, 6) is 1.44. The van der Waals surface area contributed by atoms with Crippen molar-refractivity contribution < 1.29 is 9.47 Å². The van der Waals surface area contributed by atoms with Gasteiger partial charge in [-0.15, -0.1) is 0 Å². The van der Waals surface area contributed by atoms with Gasteiger partial charge in [-0.25, -0.2) is 19.7 Å². The van der Waals surface area contributed by atoms with Crippen LogP contribution in [0.2, 0.25) is 0 Å². The van der Waals surface area contributed by atoms with Crippen molar-refractivity contribution in [2.24, 2.45) is 23.0 Å². The first kappa shape index (κ1) is 20.8. The standard InChI is InChI=1S/C22H26N6O3/c1-13(2)18-21(31-5)25-17(20(26-18)30-4)12-14-6-7-15(19-23-10-11-28(14)19)16-8-9-24-27(3)22(16)29/h6-11,13,17-18H,12H2,1-5H3/t17-,18?/m0/s1. The molecule has 0 spiro atoms. The van der Waals surface area contributed by atoms with Crippen LogP contribution in [0.5, 0.6) is 0 Å². The summed E-state index contributed by atoms with van der Waals surface area (Å²) in [4.78, 5) is 26.6. The second kappa shape index (κ2) is 8.33. The van der Waals surface area contributed by atoms with Gasteiger partial charge in [-0.05, 0) is 24.1 Å². The van der Waals surface area contributed by atoms with Gasteiger partial charge >= 0.3 is 0 Å². The highest BCUT2D eigenvalue weighted by molar-refractivity contribution is 5.94. The van der Waals surface area contributed by atoms with Crippen LogP contribution in [0.1, 0.15) is 19.5 Å². The molecular formula is C22H26N6O3. The molecule has 1 aliphatic heterocycles. The minimum atomic E-state index is -0.305. The first-order valence-corrected chi connectivity index (χ1v) is 10.2. The fourth-order valence-electron chi connectivity index (χ4n) is 3.85. The summed E-state index contributed by atoms with van der Waals surface area (Å²) < 4.78 is 14.4. The van der Waals surface area contributed by atoms with E-state index in [9.17, 15) is 4.79 Å². The number of hydrogen-bond donors (Lipinski definition) is 0. The zero-order valence-electron chi connectivity index (χ0n) is 18.3. The number of aromatic nitrogens is 4. The lowest BCUT2D eigenvalue weighted by atomic mass is 10.0. The maximum atomic E-state index is 12.6. The van der Waals surface area contributed by atoms with E-state index in [-0.39, 0.29) is 23.6 Å². The van der Waals surface area contributed by atoms with Crippen LogP contribution in [0.4, 0.5) is 0 Å². The van der Waals surface area contributed by atoms with Crippen LogP contribution in [0, 0.1) is 5.92 Å². The van der Waals surface area contributed by atoms with Crippen LogP contribution < -0.4 is 5.56 Å². The fourth-order valence-corrected chi connectivity index (χ4v) is 3.85. The Hall–Kier alpha value is -3.49. The molecule has 0 aromatic carbocycles. The number of aryl methyl sites for hydroxylation is 1. The van der Waals surface area contributed by atoms with Crippen molar-refractivity contribution in [1.82, 2.24) is 19.2 Å². The summed E-state index contributed by atoms with van der Waals surface area (Å²) in [6.07, 6.45) is 5.76. The Morgan fingerprint density at radius 1 is 1.03 bits per heavy atom. The Bertz CT molecular complexity index is 1220. The molecule has 4 heterocycles. The van der Waals surface area contributed by atoms with Gasteiger partial charge in [0, 0.05) is 43.3 Å². The molecule has 31 heavy (non-hydrogen) atoms. The normalized spacial score (nSPS) is 18.8. The van der Waals surface area contributed by atoms with Crippen molar-refractivity contribution in [3.8, 4) is 11.1 Å². The SMILES string of the molecule is COC1=N[C@@H](Cc2ccc(-c3ccnn(C)c3=O)c3nccn23)C(OC)=NC1C(C)C. The maximum Gasteiger partial charge on any atom is 0.274 e. The fraction of sp³-hybridized carbons (Fsp3) is 0.409. The van der Waals surface area contributed by atoms with E-state index >= 15 is 0 Å². The second-order valence-corrected chi connectivity index (χ2v) is 7.78. The van der Waals surface area contributed by atoms with Gasteiger partial charge in [-0.2, -0.15) is 5.10 Å². The monoisotopic (exact) mass is 422 g/mol. The van der Waals surface area contributed by atoms with Gasteiger partial charge in [-0.1, -0.05) is 13.8 Å². The molecule has 9 nitrogen and oxygen atoms in total. The molecule has 162 valence electrons. The molecule has 1 aliphatic rings. The van der Waals surface area contributed by atoms with E-state index in [0.717, 1.165) is 11.3 Å². The number of aliphatic imine (C=N–C) groups is 2.